The van der Waals surface area contributed by atoms with Crippen molar-refractivity contribution >= 4 is 46.2 Å². The molecule has 3 rings (SSSR count). The van der Waals surface area contributed by atoms with Crippen LogP contribution >= 0.6 is 11.7 Å². The van der Waals surface area contributed by atoms with Crippen molar-refractivity contribution in [2.75, 3.05) is 11.9 Å². The first-order valence-electron chi connectivity index (χ1n) is 10.7. The van der Waals surface area contributed by atoms with E-state index in [0.717, 1.165) is 17.3 Å². The summed E-state index contributed by atoms with van der Waals surface area (Å²) in [6, 6.07) is 11.6. The summed E-state index contributed by atoms with van der Waals surface area (Å²) in [5.74, 6) is -1.78. The van der Waals surface area contributed by atoms with Gasteiger partial charge < -0.3 is 15.4 Å². The van der Waals surface area contributed by atoms with Crippen LogP contribution in [0.15, 0.2) is 42.5 Å². The molecule has 0 bridgehead atoms. The zero-order valence-electron chi connectivity index (χ0n) is 19.3. The first kappa shape index (κ1) is 24.3. The Labute approximate surface area is 197 Å². The van der Waals surface area contributed by atoms with Gasteiger partial charge in [0.25, 0.3) is 11.8 Å². The molecule has 0 spiro atoms. The summed E-state index contributed by atoms with van der Waals surface area (Å²) in [6.45, 7) is 9.40. The molecular formula is C24H28N4O4S. The third-order valence-electron chi connectivity index (χ3n) is 5.13. The molecule has 2 aromatic carbocycles. The van der Waals surface area contributed by atoms with Crippen molar-refractivity contribution in [1.82, 2.24) is 14.1 Å². The van der Waals surface area contributed by atoms with Gasteiger partial charge in [-0.2, -0.15) is 8.75 Å². The molecular weight excluding hydrogens is 440 g/mol. The third kappa shape index (κ3) is 6.13. The molecule has 2 N–H and O–H groups in total. The zero-order valence-corrected chi connectivity index (χ0v) is 20.2. The fraction of sp³-hybridized carbons (Fsp3) is 0.375. The molecule has 8 nitrogen and oxygen atoms in total. The Morgan fingerprint density at radius 3 is 2.36 bits per heavy atom. The van der Waals surface area contributed by atoms with E-state index in [4.69, 9.17) is 4.74 Å². The van der Waals surface area contributed by atoms with Crippen molar-refractivity contribution in [3.05, 3.63) is 53.6 Å². The van der Waals surface area contributed by atoms with Crippen LogP contribution in [0.1, 0.15) is 50.5 Å². The second kappa shape index (κ2) is 10.1. The minimum atomic E-state index is -0.890. The fourth-order valence-electron chi connectivity index (χ4n) is 3.16. The third-order valence-corrected chi connectivity index (χ3v) is 5.67. The summed E-state index contributed by atoms with van der Waals surface area (Å²) in [5.41, 5.74) is 3.27. The number of carbonyl (C=O) groups is 3. The molecule has 1 aromatic heterocycles. The average Bonchev–Trinajstić information content (AvgIpc) is 3.25. The Morgan fingerprint density at radius 1 is 1.03 bits per heavy atom. The van der Waals surface area contributed by atoms with E-state index >= 15 is 0 Å². The monoisotopic (exact) mass is 468 g/mol. The highest BCUT2D eigenvalue weighted by Crippen LogP contribution is 2.23. The lowest BCUT2D eigenvalue weighted by Gasteiger charge is -2.22. The van der Waals surface area contributed by atoms with Crippen LogP contribution in [0.3, 0.4) is 0 Å². The number of hydrogen-bond acceptors (Lipinski definition) is 7. The molecule has 33 heavy (non-hydrogen) atoms. The van der Waals surface area contributed by atoms with Crippen LogP contribution in [0.2, 0.25) is 0 Å². The molecule has 0 aliphatic carbocycles. The number of nitrogens with zero attached hydrogens (tertiary/aromatic N) is 2. The molecule has 0 saturated heterocycles. The molecule has 174 valence electrons. The SMILES string of the molecule is CC(C)C(NC(=O)c1ccc(C(C)(C)C)cc1)C(=O)OCC(=O)Nc1cccc2nsnc12. The predicted octanol–water partition coefficient (Wildman–Crippen LogP) is 3.93. The summed E-state index contributed by atoms with van der Waals surface area (Å²) >= 11 is 1.05. The topological polar surface area (TPSA) is 110 Å². The van der Waals surface area contributed by atoms with E-state index < -0.39 is 24.5 Å². The van der Waals surface area contributed by atoms with Crippen LogP contribution in [0, 0.1) is 5.92 Å². The van der Waals surface area contributed by atoms with E-state index in [9.17, 15) is 14.4 Å². The standard InChI is InChI=1S/C24H28N4O4S/c1-14(2)20(26-22(30)15-9-11-16(12-10-15)24(3,4)5)23(31)32-13-19(29)25-17-7-6-8-18-21(17)28-33-27-18/h6-12,14,20H,13H2,1-5H3,(H,25,29)(H,26,30). The maximum Gasteiger partial charge on any atom is 0.329 e. The number of carbonyl (C=O) groups excluding carboxylic acids is 3. The summed E-state index contributed by atoms with van der Waals surface area (Å²) in [5, 5.41) is 5.40. The molecule has 0 aliphatic heterocycles. The number of esters is 1. The maximum atomic E-state index is 12.7. The minimum absolute atomic E-state index is 0.0264. The number of anilines is 1. The van der Waals surface area contributed by atoms with Crippen molar-refractivity contribution < 1.29 is 19.1 Å². The van der Waals surface area contributed by atoms with Gasteiger partial charge in [0.05, 0.1) is 17.4 Å². The lowest BCUT2D eigenvalue weighted by molar-refractivity contribution is -0.150. The first-order valence-corrected chi connectivity index (χ1v) is 11.4. The average molecular weight is 469 g/mol. The van der Waals surface area contributed by atoms with Gasteiger partial charge in [0.2, 0.25) is 0 Å². The van der Waals surface area contributed by atoms with E-state index in [1.165, 1.54) is 0 Å². The van der Waals surface area contributed by atoms with E-state index in [1.807, 2.05) is 12.1 Å². The number of aromatic nitrogens is 2. The van der Waals surface area contributed by atoms with Gasteiger partial charge in [0, 0.05) is 5.56 Å². The second-order valence-corrected chi connectivity index (χ2v) is 9.64. The molecule has 1 unspecified atom stereocenters. The van der Waals surface area contributed by atoms with Gasteiger partial charge in [-0.3, -0.25) is 9.59 Å². The first-order chi connectivity index (χ1) is 15.6. The number of amides is 2. The van der Waals surface area contributed by atoms with Gasteiger partial charge in [0.15, 0.2) is 6.61 Å². The van der Waals surface area contributed by atoms with E-state index in [1.54, 1.807) is 44.2 Å². The Morgan fingerprint density at radius 2 is 1.73 bits per heavy atom. The van der Waals surface area contributed by atoms with Gasteiger partial charge in [-0.15, -0.1) is 0 Å². The highest BCUT2D eigenvalue weighted by atomic mass is 32.1. The number of nitrogens with one attached hydrogen (secondary N) is 2. The molecule has 9 heteroatoms. The number of benzene rings is 2. The summed E-state index contributed by atoms with van der Waals surface area (Å²) in [6.07, 6.45) is 0. The molecule has 1 heterocycles. The fourth-order valence-corrected chi connectivity index (χ4v) is 3.71. The van der Waals surface area contributed by atoms with Crippen LogP contribution in [0.5, 0.6) is 0 Å². The minimum Gasteiger partial charge on any atom is -0.454 e. The quantitative estimate of drug-likeness (QED) is 0.509. The number of fused-ring (bicyclic) bond motifs is 1. The second-order valence-electron chi connectivity index (χ2n) is 9.12. The number of hydrogen-bond donors (Lipinski definition) is 2. The zero-order chi connectivity index (χ0) is 24.2. The van der Waals surface area contributed by atoms with E-state index in [0.29, 0.717) is 22.3 Å². The molecule has 2 amide bonds. The van der Waals surface area contributed by atoms with Crippen LogP contribution in [0.25, 0.3) is 11.0 Å². The lowest BCUT2D eigenvalue weighted by atomic mass is 9.86. The Hall–Kier alpha value is -3.33. The predicted molar refractivity (Wildman–Crippen MR) is 128 cm³/mol. The van der Waals surface area contributed by atoms with Crippen molar-refractivity contribution in [2.24, 2.45) is 5.92 Å². The van der Waals surface area contributed by atoms with Gasteiger partial charge >= 0.3 is 5.97 Å². The van der Waals surface area contributed by atoms with Gasteiger partial charge in [-0.1, -0.05) is 52.8 Å². The highest BCUT2D eigenvalue weighted by Gasteiger charge is 2.27. The highest BCUT2D eigenvalue weighted by molar-refractivity contribution is 7.00. The molecule has 0 radical (unpaired) electrons. The molecule has 1 atom stereocenters. The van der Waals surface area contributed by atoms with E-state index in [-0.39, 0.29) is 17.2 Å². The van der Waals surface area contributed by atoms with Crippen molar-refractivity contribution in [3.8, 4) is 0 Å². The van der Waals surface area contributed by atoms with Crippen molar-refractivity contribution in [2.45, 2.75) is 46.1 Å². The van der Waals surface area contributed by atoms with Gasteiger partial charge in [0.1, 0.15) is 17.1 Å². The largest absolute Gasteiger partial charge is 0.454 e. The molecule has 0 saturated carbocycles. The van der Waals surface area contributed by atoms with Gasteiger partial charge in [-0.05, 0) is 41.2 Å². The van der Waals surface area contributed by atoms with Crippen LogP contribution in [0.4, 0.5) is 5.69 Å². The normalized spacial score (nSPS) is 12.4. The lowest BCUT2D eigenvalue weighted by Crippen LogP contribution is -2.46. The molecule has 0 fully saturated rings. The van der Waals surface area contributed by atoms with Crippen molar-refractivity contribution in [1.29, 1.82) is 0 Å². The van der Waals surface area contributed by atoms with E-state index in [2.05, 4.69) is 40.2 Å². The Bertz CT molecular complexity index is 1150. The Kier molecular flexibility index (Phi) is 7.43. The number of rotatable bonds is 7. The summed E-state index contributed by atoms with van der Waals surface area (Å²) < 4.78 is 13.5. The van der Waals surface area contributed by atoms with Crippen LogP contribution < -0.4 is 10.6 Å². The smallest absolute Gasteiger partial charge is 0.329 e. The van der Waals surface area contributed by atoms with Crippen LogP contribution in [-0.2, 0) is 19.7 Å². The van der Waals surface area contributed by atoms with Gasteiger partial charge in [-0.25, -0.2) is 4.79 Å². The molecule has 3 aromatic rings. The van der Waals surface area contributed by atoms with Crippen molar-refractivity contribution in [3.63, 3.8) is 0 Å². The summed E-state index contributed by atoms with van der Waals surface area (Å²) in [4.78, 5) is 37.6. The maximum absolute atomic E-state index is 12.7. The Balaban J connectivity index is 1.58. The number of ether oxygens (including phenoxy) is 1. The molecule has 0 aliphatic rings. The summed E-state index contributed by atoms with van der Waals surface area (Å²) in [7, 11) is 0. The van der Waals surface area contributed by atoms with Crippen LogP contribution in [-0.4, -0.2) is 39.2 Å².